The molecule has 3 nitrogen and oxygen atoms in total. The van der Waals surface area contributed by atoms with Gasteiger partial charge in [-0.1, -0.05) is 11.6 Å². The molecule has 0 aliphatic carbocycles. The molecule has 16 heavy (non-hydrogen) atoms. The Kier molecular flexibility index (Phi) is 3.27. The van der Waals surface area contributed by atoms with E-state index in [-0.39, 0.29) is 5.88 Å². The lowest BCUT2D eigenvalue weighted by Gasteiger charge is -2.01. The molecule has 2 N–H and O–H groups in total. The van der Waals surface area contributed by atoms with Crippen molar-refractivity contribution in [3.05, 3.63) is 35.6 Å². The van der Waals surface area contributed by atoms with Gasteiger partial charge in [0, 0.05) is 11.6 Å². The van der Waals surface area contributed by atoms with Gasteiger partial charge in [0.25, 0.3) is 0 Å². The van der Waals surface area contributed by atoms with E-state index in [0.29, 0.717) is 11.0 Å². The van der Waals surface area contributed by atoms with Crippen LogP contribution >= 0.6 is 23.2 Å². The quantitative estimate of drug-likeness (QED) is 0.387. The number of fused-ring (bicyclic) bond motifs is 1. The maximum atomic E-state index is 5.95. The van der Waals surface area contributed by atoms with Crippen LogP contribution in [0.3, 0.4) is 0 Å². The molecule has 0 spiro atoms. The van der Waals surface area contributed by atoms with E-state index >= 15 is 0 Å². The minimum absolute atomic E-state index is 0.217. The van der Waals surface area contributed by atoms with Gasteiger partial charge >= 0.3 is 0 Å². The number of amidine groups is 1. The van der Waals surface area contributed by atoms with Crippen LogP contribution in [0.25, 0.3) is 10.8 Å². The van der Waals surface area contributed by atoms with E-state index in [0.717, 1.165) is 16.5 Å². The van der Waals surface area contributed by atoms with Crippen LogP contribution in [-0.2, 0) is 0 Å². The van der Waals surface area contributed by atoms with Gasteiger partial charge in [-0.25, -0.2) is 9.98 Å². The van der Waals surface area contributed by atoms with E-state index in [4.69, 9.17) is 28.9 Å². The molecule has 1 aromatic heterocycles. The molecule has 0 aliphatic rings. The summed E-state index contributed by atoms with van der Waals surface area (Å²) in [4.78, 5) is 8.15. The highest BCUT2D eigenvalue weighted by atomic mass is 35.5. The number of aliphatic imine (C=N–C) groups is 1. The van der Waals surface area contributed by atoms with Crippen molar-refractivity contribution in [2.75, 3.05) is 5.88 Å². The predicted molar refractivity (Wildman–Crippen MR) is 68.8 cm³/mol. The van der Waals surface area contributed by atoms with Crippen LogP contribution in [0.1, 0.15) is 0 Å². The van der Waals surface area contributed by atoms with Crippen LogP contribution in [0.2, 0.25) is 5.15 Å². The number of benzene rings is 1. The summed E-state index contributed by atoms with van der Waals surface area (Å²) in [6.07, 6.45) is 1.66. The van der Waals surface area contributed by atoms with Crippen molar-refractivity contribution < 1.29 is 0 Å². The van der Waals surface area contributed by atoms with Crippen molar-refractivity contribution in [2.45, 2.75) is 0 Å². The third-order valence-corrected chi connectivity index (χ3v) is 2.68. The first-order chi connectivity index (χ1) is 7.70. The molecule has 0 radical (unpaired) electrons. The average Bonchev–Trinajstić information content (AvgIpc) is 2.29. The Morgan fingerprint density at radius 3 is 2.94 bits per heavy atom. The van der Waals surface area contributed by atoms with Gasteiger partial charge in [-0.15, -0.1) is 11.6 Å². The summed E-state index contributed by atoms with van der Waals surface area (Å²) in [6.45, 7) is 0. The monoisotopic (exact) mass is 253 g/mol. The van der Waals surface area contributed by atoms with Gasteiger partial charge in [-0.3, -0.25) is 0 Å². The van der Waals surface area contributed by atoms with E-state index in [1.165, 1.54) is 0 Å². The number of hydrogen-bond acceptors (Lipinski definition) is 2. The standard InChI is InChI=1S/C11H9Cl2N3/c12-6-10(14)16-8-1-2-9-7(5-8)3-4-15-11(9)13/h1-5H,6H2,(H2,14,16). The molecular formula is C11H9Cl2N3. The first-order valence-electron chi connectivity index (χ1n) is 4.64. The number of nitrogens with two attached hydrogens (primary N) is 1. The summed E-state index contributed by atoms with van der Waals surface area (Å²) < 4.78 is 0. The lowest BCUT2D eigenvalue weighted by Crippen LogP contribution is -2.12. The fraction of sp³-hybridized carbons (Fsp3) is 0.0909. The topological polar surface area (TPSA) is 51.3 Å². The van der Waals surface area contributed by atoms with Crippen molar-refractivity contribution in [3.63, 3.8) is 0 Å². The van der Waals surface area contributed by atoms with Gasteiger partial charge in [0.15, 0.2) is 0 Å². The molecule has 0 atom stereocenters. The normalized spacial score (nSPS) is 12.0. The summed E-state index contributed by atoms with van der Waals surface area (Å²) in [5.74, 6) is 0.607. The maximum Gasteiger partial charge on any atom is 0.136 e. The maximum absolute atomic E-state index is 5.95. The number of pyridine rings is 1. The molecule has 0 aliphatic heterocycles. The Balaban J connectivity index is 2.53. The highest BCUT2D eigenvalue weighted by Gasteiger charge is 2.00. The van der Waals surface area contributed by atoms with Crippen molar-refractivity contribution >= 4 is 45.5 Å². The summed E-state index contributed by atoms with van der Waals surface area (Å²) in [6, 6.07) is 7.46. The van der Waals surface area contributed by atoms with E-state index in [1.54, 1.807) is 6.20 Å². The lowest BCUT2D eigenvalue weighted by atomic mass is 10.1. The third-order valence-electron chi connectivity index (χ3n) is 2.11. The van der Waals surface area contributed by atoms with Gasteiger partial charge in [-0.2, -0.15) is 0 Å². The molecular weight excluding hydrogens is 245 g/mol. The highest BCUT2D eigenvalue weighted by molar-refractivity contribution is 6.34. The van der Waals surface area contributed by atoms with Crippen molar-refractivity contribution in [1.82, 2.24) is 4.98 Å². The molecule has 0 fully saturated rings. The van der Waals surface area contributed by atoms with Crippen LogP contribution in [-0.4, -0.2) is 16.7 Å². The Morgan fingerprint density at radius 2 is 2.19 bits per heavy atom. The number of nitrogens with zero attached hydrogens (tertiary/aromatic N) is 2. The zero-order valence-electron chi connectivity index (χ0n) is 8.32. The van der Waals surface area contributed by atoms with Gasteiger partial charge in [0.05, 0.1) is 11.6 Å². The van der Waals surface area contributed by atoms with Gasteiger partial charge < -0.3 is 5.73 Å². The van der Waals surface area contributed by atoms with Gasteiger partial charge in [0.2, 0.25) is 0 Å². The zero-order chi connectivity index (χ0) is 11.5. The Hall–Kier alpha value is -1.32. The molecule has 0 amide bonds. The minimum Gasteiger partial charge on any atom is -0.386 e. The fourth-order valence-corrected chi connectivity index (χ4v) is 1.68. The van der Waals surface area contributed by atoms with E-state index in [9.17, 15) is 0 Å². The minimum atomic E-state index is 0.217. The number of halogens is 2. The van der Waals surface area contributed by atoms with Crippen molar-refractivity contribution in [1.29, 1.82) is 0 Å². The number of alkyl halides is 1. The smallest absolute Gasteiger partial charge is 0.136 e. The number of aromatic nitrogens is 1. The van der Waals surface area contributed by atoms with Crippen LogP contribution < -0.4 is 5.73 Å². The molecule has 1 heterocycles. The van der Waals surface area contributed by atoms with Crippen molar-refractivity contribution in [3.8, 4) is 0 Å². The molecule has 82 valence electrons. The molecule has 0 bridgehead atoms. The SMILES string of the molecule is NC(CCl)=Nc1ccc2c(Cl)nccc2c1. The second-order valence-electron chi connectivity index (χ2n) is 3.24. The predicted octanol–water partition coefficient (Wildman–Crippen LogP) is 3.12. The molecule has 0 saturated heterocycles. The Morgan fingerprint density at radius 1 is 1.38 bits per heavy atom. The summed E-state index contributed by atoms with van der Waals surface area (Å²) in [5.41, 5.74) is 6.32. The molecule has 2 aromatic rings. The highest BCUT2D eigenvalue weighted by Crippen LogP contribution is 2.25. The molecule has 2 rings (SSSR count). The average molecular weight is 254 g/mol. The fourth-order valence-electron chi connectivity index (χ4n) is 1.39. The number of rotatable bonds is 2. The number of hydrogen-bond donors (Lipinski definition) is 1. The zero-order valence-corrected chi connectivity index (χ0v) is 9.83. The molecule has 5 heteroatoms. The van der Waals surface area contributed by atoms with E-state index < -0.39 is 0 Å². The largest absolute Gasteiger partial charge is 0.386 e. The van der Waals surface area contributed by atoms with Crippen LogP contribution in [0.5, 0.6) is 0 Å². The van der Waals surface area contributed by atoms with Crippen LogP contribution in [0.4, 0.5) is 5.69 Å². The molecule has 0 saturated carbocycles. The second kappa shape index (κ2) is 4.68. The van der Waals surface area contributed by atoms with Gasteiger partial charge in [0.1, 0.15) is 11.0 Å². The third kappa shape index (κ3) is 2.26. The second-order valence-corrected chi connectivity index (χ2v) is 3.87. The van der Waals surface area contributed by atoms with E-state index in [1.807, 2.05) is 24.3 Å². The Bertz CT molecular complexity index is 552. The van der Waals surface area contributed by atoms with Gasteiger partial charge in [-0.05, 0) is 29.7 Å². The van der Waals surface area contributed by atoms with Crippen LogP contribution in [0.15, 0.2) is 35.5 Å². The van der Waals surface area contributed by atoms with E-state index in [2.05, 4.69) is 9.98 Å². The Labute approximate surface area is 103 Å². The first-order valence-corrected chi connectivity index (χ1v) is 5.55. The lowest BCUT2D eigenvalue weighted by molar-refractivity contribution is 1.36. The summed E-state index contributed by atoms with van der Waals surface area (Å²) >= 11 is 11.5. The molecule has 1 aromatic carbocycles. The van der Waals surface area contributed by atoms with Crippen LogP contribution in [0, 0.1) is 0 Å². The summed E-state index contributed by atoms with van der Waals surface area (Å²) in [5, 5.41) is 2.36. The first kappa shape index (κ1) is 11.2. The molecule has 0 unspecified atom stereocenters. The van der Waals surface area contributed by atoms with Crippen molar-refractivity contribution in [2.24, 2.45) is 10.7 Å². The summed E-state index contributed by atoms with van der Waals surface area (Å²) in [7, 11) is 0.